The molecule has 2 nitrogen and oxygen atoms in total. The molecule has 0 aliphatic rings. The quantitative estimate of drug-likeness (QED) is 0.510. The van der Waals surface area contributed by atoms with E-state index in [-0.39, 0.29) is 5.76 Å². The highest BCUT2D eigenvalue weighted by Crippen LogP contribution is 2.02. The molecule has 1 aromatic rings. The van der Waals surface area contributed by atoms with Crippen molar-refractivity contribution in [1.29, 1.82) is 0 Å². The average Bonchev–Trinajstić information content (AvgIpc) is 2.06. The summed E-state index contributed by atoms with van der Waals surface area (Å²) in [6.07, 6.45) is 2.73. The van der Waals surface area contributed by atoms with E-state index in [1.165, 1.54) is 12.4 Å². The SMILES string of the molecule is O=[C]/C(O)=C\c1ccccc1. The van der Waals surface area contributed by atoms with Gasteiger partial charge in [-0.15, -0.1) is 0 Å². The molecule has 0 aliphatic carbocycles. The minimum Gasteiger partial charge on any atom is -0.504 e. The molecule has 0 bridgehead atoms. The van der Waals surface area contributed by atoms with Crippen molar-refractivity contribution in [3.63, 3.8) is 0 Å². The Hall–Kier alpha value is -1.57. The summed E-state index contributed by atoms with van der Waals surface area (Å²) in [6, 6.07) is 9.08. The molecule has 1 aromatic carbocycles. The van der Waals surface area contributed by atoms with E-state index in [1.54, 1.807) is 12.1 Å². The number of hydrogen-bond acceptors (Lipinski definition) is 2. The van der Waals surface area contributed by atoms with Crippen LogP contribution in [0.1, 0.15) is 5.56 Å². The van der Waals surface area contributed by atoms with E-state index in [2.05, 4.69) is 0 Å². The Morgan fingerprint density at radius 3 is 2.55 bits per heavy atom. The first-order chi connectivity index (χ1) is 5.33. The predicted octanol–water partition coefficient (Wildman–Crippen LogP) is 1.70. The Morgan fingerprint density at radius 1 is 1.36 bits per heavy atom. The van der Waals surface area contributed by atoms with Crippen LogP contribution < -0.4 is 0 Å². The first-order valence-corrected chi connectivity index (χ1v) is 3.17. The van der Waals surface area contributed by atoms with Crippen LogP contribution in [0.15, 0.2) is 36.1 Å². The molecule has 11 heavy (non-hydrogen) atoms. The van der Waals surface area contributed by atoms with Gasteiger partial charge in [0.2, 0.25) is 0 Å². The molecule has 1 radical (unpaired) electrons. The molecule has 0 saturated carbocycles. The van der Waals surface area contributed by atoms with Gasteiger partial charge in [-0.05, 0) is 11.6 Å². The maximum atomic E-state index is 9.87. The molecule has 0 aliphatic heterocycles. The molecule has 0 aromatic heterocycles. The Labute approximate surface area is 64.8 Å². The predicted molar refractivity (Wildman–Crippen MR) is 42.7 cm³/mol. The molecule has 0 fully saturated rings. The van der Waals surface area contributed by atoms with Crippen LogP contribution in [0.2, 0.25) is 0 Å². The second-order valence-electron chi connectivity index (χ2n) is 2.04. The highest BCUT2D eigenvalue weighted by atomic mass is 16.3. The van der Waals surface area contributed by atoms with Gasteiger partial charge in [0, 0.05) is 0 Å². The first kappa shape index (κ1) is 7.54. The van der Waals surface area contributed by atoms with Crippen molar-refractivity contribution in [3.05, 3.63) is 41.7 Å². The van der Waals surface area contributed by atoms with Gasteiger partial charge >= 0.3 is 0 Å². The van der Waals surface area contributed by atoms with E-state index in [0.29, 0.717) is 0 Å². The van der Waals surface area contributed by atoms with Crippen LogP contribution in [0.25, 0.3) is 6.08 Å². The lowest BCUT2D eigenvalue weighted by Gasteiger charge is -1.89. The summed E-state index contributed by atoms with van der Waals surface area (Å²) < 4.78 is 0. The molecule has 2 heteroatoms. The van der Waals surface area contributed by atoms with E-state index in [9.17, 15) is 4.79 Å². The van der Waals surface area contributed by atoms with Crippen molar-refractivity contribution in [3.8, 4) is 0 Å². The van der Waals surface area contributed by atoms with Crippen LogP contribution in [0.5, 0.6) is 0 Å². The lowest BCUT2D eigenvalue weighted by molar-refractivity contribution is 0.432. The van der Waals surface area contributed by atoms with Crippen LogP contribution in [0.3, 0.4) is 0 Å². The van der Waals surface area contributed by atoms with Gasteiger partial charge in [-0.2, -0.15) is 0 Å². The largest absolute Gasteiger partial charge is 0.504 e. The monoisotopic (exact) mass is 147 g/mol. The number of benzene rings is 1. The molecule has 0 spiro atoms. The molecule has 1 rings (SSSR count). The van der Waals surface area contributed by atoms with Crippen LogP contribution >= 0.6 is 0 Å². The summed E-state index contributed by atoms with van der Waals surface area (Å²) in [6.45, 7) is 0. The van der Waals surface area contributed by atoms with Crippen molar-refractivity contribution in [2.24, 2.45) is 0 Å². The number of aliphatic hydroxyl groups is 1. The topological polar surface area (TPSA) is 37.3 Å². The highest BCUT2D eigenvalue weighted by Gasteiger charge is 1.89. The van der Waals surface area contributed by atoms with E-state index in [1.807, 2.05) is 18.2 Å². The molecule has 0 unspecified atom stereocenters. The minimum absolute atomic E-state index is 0.379. The van der Waals surface area contributed by atoms with Crippen molar-refractivity contribution >= 4 is 12.4 Å². The number of hydrogen-bond donors (Lipinski definition) is 1. The third-order valence-electron chi connectivity index (χ3n) is 1.21. The zero-order valence-corrected chi connectivity index (χ0v) is 5.82. The number of rotatable bonds is 2. The summed E-state index contributed by atoms with van der Waals surface area (Å²) in [5.74, 6) is -0.379. The third kappa shape index (κ3) is 2.26. The Morgan fingerprint density at radius 2 is 2.00 bits per heavy atom. The van der Waals surface area contributed by atoms with Crippen molar-refractivity contribution in [2.75, 3.05) is 0 Å². The molecule has 1 N–H and O–H groups in total. The van der Waals surface area contributed by atoms with Gasteiger partial charge < -0.3 is 5.11 Å². The second kappa shape index (κ2) is 3.56. The molecular weight excluding hydrogens is 140 g/mol. The van der Waals surface area contributed by atoms with Crippen LogP contribution in [-0.2, 0) is 4.79 Å². The Balaban J connectivity index is 2.87. The fourth-order valence-corrected chi connectivity index (χ4v) is 0.737. The summed E-state index contributed by atoms with van der Waals surface area (Å²) in [5.41, 5.74) is 0.786. The lowest BCUT2D eigenvalue weighted by atomic mass is 10.2. The Kier molecular flexibility index (Phi) is 2.44. The van der Waals surface area contributed by atoms with E-state index < -0.39 is 0 Å². The number of aliphatic hydroxyl groups excluding tert-OH is 1. The zero-order valence-electron chi connectivity index (χ0n) is 5.82. The summed E-state index contributed by atoms with van der Waals surface area (Å²) in [5, 5.41) is 8.75. The van der Waals surface area contributed by atoms with Gasteiger partial charge in [0.1, 0.15) is 0 Å². The number of carbonyl (C=O) groups excluding carboxylic acids is 1. The van der Waals surface area contributed by atoms with Crippen molar-refractivity contribution < 1.29 is 9.90 Å². The minimum atomic E-state index is -0.379. The van der Waals surface area contributed by atoms with Gasteiger partial charge in [-0.25, -0.2) is 0 Å². The zero-order chi connectivity index (χ0) is 8.10. The van der Waals surface area contributed by atoms with E-state index >= 15 is 0 Å². The Bertz CT molecular complexity index is 262. The van der Waals surface area contributed by atoms with Gasteiger partial charge in [0.15, 0.2) is 5.76 Å². The third-order valence-corrected chi connectivity index (χ3v) is 1.21. The normalized spacial score (nSPS) is 11.1. The van der Waals surface area contributed by atoms with Crippen molar-refractivity contribution in [2.45, 2.75) is 0 Å². The van der Waals surface area contributed by atoms with Crippen molar-refractivity contribution in [1.82, 2.24) is 0 Å². The second-order valence-corrected chi connectivity index (χ2v) is 2.04. The maximum Gasteiger partial charge on any atom is 0.271 e. The maximum absolute atomic E-state index is 9.87. The van der Waals surface area contributed by atoms with Crippen LogP contribution in [-0.4, -0.2) is 11.4 Å². The fourth-order valence-electron chi connectivity index (χ4n) is 0.737. The average molecular weight is 147 g/mol. The van der Waals surface area contributed by atoms with Gasteiger partial charge in [-0.3, -0.25) is 4.79 Å². The van der Waals surface area contributed by atoms with Crippen LogP contribution in [0.4, 0.5) is 0 Å². The van der Waals surface area contributed by atoms with Gasteiger partial charge in [0.05, 0.1) is 0 Å². The molecule has 0 saturated heterocycles. The fraction of sp³-hybridized carbons (Fsp3) is 0. The summed E-state index contributed by atoms with van der Waals surface area (Å²) in [7, 11) is 0. The molecule has 0 amide bonds. The molecular formula is C9H7O2. The van der Waals surface area contributed by atoms with Gasteiger partial charge in [0.25, 0.3) is 6.29 Å². The molecule has 55 valence electrons. The number of allylic oxidation sites excluding steroid dienone is 1. The summed E-state index contributed by atoms with van der Waals surface area (Å²) in [4.78, 5) is 9.87. The van der Waals surface area contributed by atoms with E-state index in [0.717, 1.165) is 5.56 Å². The van der Waals surface area contributed by atoms with Gasteiger partial charge in [-0.1, -0.05) is 30.3 Å². The molecule has 0 heterocycles. The highest BCUT2D eigenvalue weighted by molar-refractivity contribution is 5.78. The van der Waals surface area contributed by atoms with Crippen LogP contribution in [0, 0.1) is 0 Å². The standard InChI is InChI=1S/C9H7O2/c10-7-9(11)6-8-4-2-1-3-5-8/h1-6,11H/b9-6+. The first-order valence-electron chi connectivity index (χ1n) is 3.17. The summed E-state index contributed by atoms with van der Waals surface area (Å²) >= 11 is 0. The smallest absolute Gasteiger partial charge is 0.271 e. The lowest BCUT2D eigenvalue weighted by Crippen LogP contribution is -1.80. The van der Waals surface area contributed by atoms with E-state index in [4.69, 9.17) is 5.11 Å². The molecule has 0 atom stereocenters.